The molecule has 0 aliphatic carbocycles. The lowest BCUT2D eigenvalue weighted by Gasteiger charge is -2.06. The first-order chi connectivity index (χ1) is 7.24. The van der Waals surface area contributed by atoms with Crippen molar-refractivity contribution in [3.63, 3.8) is 0 Å². The highest BCUT2D eigenvalue weighted by atomic mass is 19.1. The molecule has 3 heteroatoms. The second kappa shape index (κ2) is 4.34. The van der Waals surface area contributed by atoms with Crippen molar-refractivity contribution in [2.75, 3.05) is 6.54 Å². The highest BCUT2D eigenvalue weighted by Gasteiger charge is 2.12. The summed E-state index contributed by atoms with van der Waals surface area (Å²) in [6, 6.07) is 6.69. The van der Waals surface area contributed by atoms with Crippen molar-refractivity contribution in [3.8, 4) is 0 Å². The lowest BCUT2D eigenvalue weighted by Crippen LogP contribution is -2.16. The van der Waals surface area contributed by atoms with Crippen LogP contribution in [-0.2, 0) is 6.42 Å². The van der Waals surface area contributed by atoms with E-state index in [1.54, 1.807) is 0 Å². The topological polar surface area (TPSA) is 38.0 Å². The maximum absolute atomic E-state index is 12.6. The van der Waals surface area contributed by atoms with E-state index >= 15 is 0 Å². The molecule has 0 saturated carbocycles. The van der Waals surface area contributed by atoms with Crippen molar-refractivity contribution >= 4 is 0 Å². The summed E-state index contributed by atoms with van der Waals surface area (Å²) in [5.74, 6) is 1.11. The monoisotopic (exact) mass is 206 g/mol. The van der Waals surface area contributed by atoms with E-state index in [0.29, 0.717) is 5.92 Å². The van der Waals surface area contributed by atoms with Crippen LogP contribution in [0.15, 0.2) is 36.2 Å². The first-order valence-electron chi connectivity index (χ1n) is 5.19. The van der Waals surface area contributed by atoms with Crippen LogP contribution in [0.3, 0.4) is 0 Å². The molecule has 0 radical (unpaired) electrons. The fourth-order valence-electron chi connectivity index (χ4n) is 1.81. The molecule has 0 unspecified atom stereocenters. The number of rotatable bonds is 3. The number of nitrogens with two attached hydrogens (primary N) is 1. The minimum Gasteiger partial charge on any atom is -0.386 e. The molecular weight excluding hydrogens is 191 g/mol. The standard InChI is InChI=1S/C12H15FN2/c13-11-5-3-9(4-6-11)1-2-10-7-12(14)15-8-10/h3-7,10,15H,1-2,8,14H2/t10-/m0/s1. The number of hydrogen-bond acceptors (Lipinski definition) is 2. The van der Waals surface area contributed by atoms with Crippen LogP contribution in [0.25, 0.3) is 0 Å². The Labute approximate surface area is 89.0 Å². The van der Waals surface area contributed by atoms with Gasteiger partial charge in [0.1, 0.15) is 5.82 Å². The third kappa shape index (κ3) is 2.72. The summed E-state index contributed by atoms with van der Waals surface area (Å²) >= 11 is 0. The number of benzene rings is 1. The molecule has 2 nitrogen and oxygen atoms in total. The van der Waals surface area contributed by atoms with E-state index < -0.39 is 0 Å². The van der Waals surface area contributed by atoms with Gasteiger partial charge in [0.05, 0.1) is 5.82 Å². The Morgan fingerprint density at radius 3 is 2.67 bits per heavy atom. The maximum Gasteiger partial charge on any atom is 0.123 e. The summed E-state index contributed by atoms with van der Waals surface area (Å²) in [6.07, 6.45) is 4.08. The Morgan fingerprint density at radius 1 is 1.33 bits per heavy atom. The van der Waals surface area contributed by atoms with Crippen LogP contribution in [-0.4, -0.2) is 6.54 Å². The van der Waals surface area contributed by atoms with Gasteiger partial charge in [0.2, 0.25) is 0 Å². The van der Waals surface area contributed by atoms with E-state index in [0.717, 1.165) is 25.2 Å². The Hall–Kier alpha value is -1.51. The van der Waals surface area contributed by atoms with Crippen molar-refractivity contribution in [2.24, 2.45) is 11.7 Å². The average molecular weight is 206 g/mol. The molecule has 1 aromatic carbocycles. The van der Waals surface area contributed by atoms with Gasteiger partial charge in [0, 0.05) is 6.54 Å². The summed E-state index contributed by atoms with van der Waals surface area (Å²) in [5, 5.41) is 3.09. The molecule has 3 N–H and O–H groups in total. The maximum atomic E-state index is 12.6. The van der Waals surface area contributed by atoms with Crippen LogP contribution in [0.5, 0.6) is 0 Å². The zero-order valence-corrected chi connectivity index (χ0v) is 8.54. The third-order valence-electron chi connectivity index (χ3n) is 2.70. The second-order valence-corrected chi connectivity index (χ2v) is 3.93. The van der Waals surface area contributed by atoms with Gasteiger partial charge in [-0.05, 0) is 42.5 Å². The molecule has 1 aromatic rings. The van der Waals surface area contributed by atoms with E-state index in [9.17, 15) is 4.39 Å². The summed E-state index contributed by atoms with van der Waals surface area (Å²) in [6.45, 7) is 0.924. The van der Waals surface area contributed by atoms with E-state index in [4.69, 9.17) is 5.73 Å². The summed E-state index contributed by atoms with van der Waals surface area (Å²) < 4.78 is 12.6. The van der Waals surface area contributed by atoms with Gasteiger partial charge < -0.3 is 11.1 Å². The smallest absolute Gasteiger partial charge is 0.123 e. The molecule has 0 saturated heterocycles. The minimum absolute atomic E-state index is 0.176. The molecule has 0 spiro atoms. The predicted molar refractivity (Wildman–Crippen MR) is 58.5 cm³/mol. The normalized spacial score (nSPS) is 19.8. The number of halogens is 1. The Kier molecular flexibility index (Phi) is 2.90. The van der Waals surface area contributed by atoms with Crippen molar-refractivity contribution < 1.29 is 4.39 Å². The number of hydrogen-bond donors (Lipinski definition) is 2. The Balaban J connectivity index is 1.86. The molecular formula is C12H15FN2. The van der Waals surface area contributed by atoms with Crippen LogP contribution < -0.4 is 11.1 Å². The van der Waals surface area contributed by atoms with E-state index in [-0.39, 0.29) is 5.82 Å². The van der Waals surface area contributed by atoms with Gasteiger partial charge in [-0.1, -0.05) is 12.1 Å². The first-order valence-corrected chi connectivity index (χ1v) is 5.19. The molecule has 1 atom stereocenters. The molecule has 1 heterocycles. The van der Waals surface area contributed by atoms with E-state index in [1.807, 2.05) is 12.1 Å². The van der Waals surface area contributed by atoms with Gasteiger partial charge in [0.15, 0.2) is 0 Å². The van der Waals surface area contributed by atoms with Gasteiger partial charge in [-0.25, -0.2) is 4.39 Å². The summed E-state index contributed by atoms with van der Waals surface area (Å²) in [5.41, 5.74) is 6.79. The molecule has 1 aliphatic rings. The highest BCUT2D eigenvalue weighted by molar-refractivity contribution is 5.17. The molecule has 0 amide bonds. The zero-order valence-electron chi connectivity index (χ0n) is 8.54. The van der Waals surface area contributed by atoms with E-state index in [2.05, 4.69) is 11.4 Å². The van der Waals surface area contributed by atoms with Gasteiger partial charge in [-0.15, -0.1) is 0 Å². The van der Waals surface area contributed by atoms with Gasteiger partial charge in [-0.2, -0.15) is 0 Å². The molecule has 2 rings (SSSR count). The van der Waals surface area contributed by atoms with Gasteiger partial charge >= 0.3 is 0 Å². The number of aryl methyl sites for hydroxylation is 1. The van der Waals surface area contributed by atoms with Crippen molar-refractivity contribution in [2.45, 2.75) is 12.8 Å². The first kappa shape index (κ1) is 10.0. The summed E-state index contributed by atoms with van der Waals surface area (Å²) in [4.78, 5) is 0. The second-order valence-electron chi connectivity index (χ2n) is 3.93. The Bertz CT molecular complexity index is 356. The predicted octanol–water partition coefficient (Wildman–Crippen LogP) is 1.78. The van der Waals surface area contributed by atoms with Crippen LogP contribution in [0.1, 0.15) is 12.0 Å². The molecule has 0 fully saturated rings. The van der Waals surface area contributed by atoms with Crippen molar-refractivity contribution in [1.29, 1.82) is 0 Å². The third-order valence-corrected chi connectivity index (χ3v) is 2.70. The fraction of sp³-hybridized carbons (Fsp3) is 0.333. The molecule has 0 bridgehead atoms. The van der Waals surface area contributed by atoms with Gasteiger partial charge in [0.25, 0.3) is 0 Å². The number of nitrogens with one attached hydrogen (secondary N) is 1. The SMILES string of the molecule is NC1=C[C@H](CCc2ccc(F)cc2)CN1. The minimum atomic E-state index is -0.176. The summed E-state index contributed by atoms with van der Waals surface area (Å²) in [7, 11) is 0. The fourth-order valence-corrected chi connectivity index (χ4v) is 1.81. The lowest BCUT2D eigenvalue weighted by atomic mass is 10.0. The molecule has 1 aliphatic heterocycles. The zero-order chi connectivity index (χ0) is 10.7. The highest BCUT2D eigenvalue weighted by Crippen LogP contribution is 2.15. The average Bonchev–Trinajstić information content (AvgIpc) is 2.64. The van der Waals surface area contributed by atoms with Crippen molar-refractivity contribution in [3.05, 3.63) is 47.5 Å². The quantitative estimate of drug-likeness (QED) is 0.791. The Morgan fingerprint density at radius 2 is 2.07 bits per heavy atom. The van der Waals surface area contributed by atoms with Gasteiger partial charge in [-0.3, -0.25) is 0 Å². The van der Waals surface area contributed by atoms with Crippen LogP contribution in [0.4, 0.5) is 4.39 Å². The lowest BCUT2D eigenvalue weighted by molar-refractivity contribution is 0.594. The van der Waals surface area contributed by atoms with Crippen molar-refractivity contribution in [1.82, 2.24) is 5.32 Å². The van der Waals surface area contributed by atoms with Crippen LogP contribution in [0.2, 0.25) is 0 Å². The van der Waals surface area contributed by atoms with Crippen LogP contribution in [0, 0.1) is 11.7 Å². The molecule has 0 aromatic heterocycles. The van der Waals surface area contributed by atoms with E-state index in [1.165, 1.54) is 17.7 Å². The van der Waals surface area contributed by atoms with Crippen LogP contribution >= 0.6 is 0 Å². The molecule has 15 heavy (non-hydrogen) atoms. The largest absolute Gasteiger partial charge is 0.386 e. The molecule has 80 valence electrons.